The number of alkyl halides is 8. The summed E-state index contributed by atoms with van der Waals surface area (Å²) >= 11 is 0. The highest BCUT2D eigenvalue weighted by Crippen LogP contribution is 2.36. The minimum atomic E-state index is -6.28. The Labute approximate surface area is 76.8 Å². The maximum Gasteiger partial charge on any atom is 0.465 e. The van der Waals surface area contributed by atoms with E-state index < -0.39 is 30.9 Å². The highest BCUT2D eigenvalue weighted by Gasteiger charge is 2.65. The van der Waals surface area contributed by atoms with Gasteiger partial charge in [0.25, 0.3) is 0 Å². The largest absolute Gasteiger partial charge is 0.465 e. The van der Waals surface area contributed by atoms with Gasteiger partial charge < -0.3 is 4.74 Å². The van der Waals surface area contributed by atoms with E-state index in [-0.39, 0.29) is 0 Å². The Morgan fingerprint density at radius 1 is 0.933 bits per heavy atom. The second-order valence-corrected chi connectivity index (χ2v) is 2.26. The van der Waals surface area contributed by atoms with Crippen LogP contribution in [-0.4, -0.2) is 30.9 Å². The minimum Gasteiger partial charge on any atom is -0.451 e. The molecule has 0 radical (unpaired) electrons. The van der Waals surface area contributed by atoms with Gasteiger partial charge in [0.05, 0.1) is 0 Å². The number of esters is 1. The van der Waals surface area contributed by atoms with Gasteiger partial charge in [-0.05, 0) is 0 Å². The summed E-state index contributed by atoms with van der Waals surface area (Å²) in [6.45, 7) is -2.50. The van der Waals surface area contributed by atoms with Gasteiger partial charge in [0, 0.05) is 0 Å². The molecule has 0 aliphatic heterocycles. The number of hydrogen-bond acceptors (Lipinski definition) is 2. The molecule has 0 spiro atoms. The van der Waals surface area contributed by atoms with Crippen molar-refractivity contribution in [3.8, 4) is 0 Å². The molecule has 0 fully saturated rings. The van der Waals surface area contributed by atoms with Crippen LogP contribution >= 0.6 is 0 Å². The van der Waals surface area contributed by atoms with Crippen molar-refractivity contribution in [3.05, 3.63) is 0 Å². The quantitative estimate of drug-likeness (QED) is 0.552. The maximum absolute atomic E-state index is 11.9. The first-order chi connectivity index (χ1) is 6.38. The van der Waals surface area contributed by atoms with Crippen molar-refractivity contribution in [2.45, 2.75) is 18.3 Å². The van der Waals surface area contributed by atoms with Gasteiger partial charge in [-0.15, -0.1) is 0 Å². The number of carbonyl (C=O) groups excluding carboxylic acids is 1. The summed E-state index contributed by atoms with van der Waals surface area (Å²) in [4.78, 5) is 9.97. The van der Waals surface area contributed by atoms with E-state index in [2.05, 4.69) is 4.74 Å². The summed E-state index contributed by atoms with van der Waals surface area (Å²) in [5, 5.41) is 0. The molecule has 10 heteroatoms. The molecule has 2 nitrogen and oxygen atoms in total. The molecular formula is C5H2F8O2. The van der Waals surface area contributed by atoms with E-state index in [4.69, 9.17) is 0 Å². The third-order valence-electron chi connectivity index (χ3n) is 0.979. The molecule has 0 unspecified atom stereocenters. The lowest BCUT2D eigenvalue weighted by molar-refractivity contribution is -0.285. The molecule has 0 atom stereocenters. The fourth-order valence-corrected chi connectivity index (χ4v) is 0.354. The molecular weight excluding hydrogens is 244 g/mol. The predicted octanol–water partition coefficient (Wildman–Crippen LogP) is 2.29. The Bertz CT molecular complexity index is 238. The Kier molecular flexibility index (Phi) is 3.54. The van der Waals surface area contributed by atoms with E-state index in [9.17, 15) is 39.9 Å². The molecule has 0 aliphatic rings. The van der Waals surface area contributed by atoms with E-state index in [1.807, 2.05) is 0 Å². The molecule has 0 aromatic rings. The molecule has 0 saturated carbocycles. The first-order valence-electron chi connectivity index (χ1n) is 3.06. The third-order valence-corrected chi connectivity index (χ3v) is 0.979. The van der Waals surface area contributed by atoms with Crippen molar-refractivity contribution >= 4 is 5.97 Å². The van der Waals surface area contributed by atoms with Gasteiger partial charge >= 0.3 is 24.2 Å². The summed E-state index contributed by atoms with van der Waals surface area (Å²) < 4.78 is 94.6. The Hall–Kier alpha value is -1.09. The van der Waals surface area contributed by atoms with Crippen LogP contribution in [0.5, 0.6) is 0 Å². The fourth-order valence-electron chi connectivity index (χ4n) is 0.354. The molecule has 0 amide bonds. The number of ether oxygens (including phenoxy) is 1. The first kappa shape index (κ1) is 13.9. The Morgan fingerprint density at radius 3 is 1.60 bits per heavy atom. The smallest absolute Gasteiger partial charge is 0.451 e. The van der Waals surface area contributed by atoms with Gasteiger partial charge in [0.15, 0.2) is 6.61 Å². The second-order valence-electron chi connectivity index (χ2n) is 2.26. The highest BCUT2D eigenvalue weighted by molar-refractivity contribution is 5.78. The molecule has 0 aromatic heterocycles. The van der Waals surface area contributed by atoms with Crippen LogP contribution in [0.25, 0.3) is 0 Å². The van der Waals surface area contributed by atoms with Gasteiger partial charge in [0.1, 0.15) is 0 Å². The van der Waals surface area contributed by atoms with Gasteiger partial charge in [-0.2, -0.15) is 35.1 Å². The summed E-state index contributed by atoms with van der Waals surface area (Å²) in [5.41, 5.74) is 0. The molecule has 15 heavy (non-hydrogen) atoms. The van der Waals surface area contributed by atoms with Crippen molar-refractivity contribution < 1.29 is 44.7 Å². The van der Waals surface area contributed by atoms with E-state index in [0.29, 0.717) is 0 Å². The molecule has 0 bridgehead atoms. The lowest BCUT2D eigenvalue weighted by Gasteiger charge is -2.18. The molecule has 0 aliphatic carbocycles. The normalized spacial score (nSPS) is 13.9. The van der Waals surface area contributed by atoms with E-state index in [0.717, 1.165) is 0 Å². The minimum absolute atomic E-state index is 2.50. The molecule has 0 saturated heterocycles. The molecule has 0 aromatic carbocycles. The number of hydrogen-bond donors (Lipinski definition) is 0. The summed E-state index contributed by atoms with van der Waals surface area (Å²) in [6, 6.07) is 0. The van der Waals surface area contributed by atoms with Crippen molar-refractivity contribution in [2.75, 3.05) is 6.61 Å². The second kappa shape index (κ2) is 3.81. The van der Waals surface area contributed by atoms with Crippen LogP contribution in [0.3, 0.4) is 0 Å². The molecule has 0 N–H and O–H groups in total. The third kappa shape index (κ3) is 3.88. The summed E-state index contributed by atoms with van der Waals surface area (Å²) in [5.74, 6) is -9.23. The van der Waals surface area contributed by atoms with Crippen LogP contribution in [0.2, 0.25) is 0 Å². The van der Waals surface area contributed by atoms with Gasteiger partial charge in [-0.1, -0.05) is 0 Å². The molecule has 0 heterocycles. The maximum atomic E-state index is 11.9. The fraction of sp³-hybridized carbons (Fsp3) is 0.800. The van der Waals surface area contributed by atoms with Gasteiger partial charge in [0.2, 0.25) is 0 Å². The van der Waals surface area contributed by atoms with E-state index >= 15 is 0 Å². The average molecular weight is 246 g/mol. The van der Waals surface area contributed by atoms with Crippen molar-refractivity contribution in [1.29, 1.82) is 0 Å². The van der Waals surface area contributed by atoms with Crippen molar-refractivity contribution in [2.24, 2.45) is 0 Å². The number of rotatable bonds is 2. The van der Waals surface area contributed by atoms with Crippen LogP contribution in [-0.2, 0) is 9.53 Å². The monoisotopic (exact) mass is 246 g/mol. The van der Waals surface area contributed by atoms with Crippen LogP contribution in [0, 0.1) is 0 Å². The topological polar surface area (TPSA) is 26.3 Å². The van der Waals surface area contributed by atoms with Gasteiger partial charge in [-0.25, -0.2) is 4.79 Å². The highest BCUT2D eigenvalue weighted by atomic mass is 19.4. The Balaban J connectivity index is 4.47. The average Bonchev–Trinajstić information content (AvgIpc) is 1.96. The van der Waals surface area contributed by atoms with E-state index in [1.165, 1.54) is 0 Å². The first-order valence-corrected chi connectivity index (χ1v) is 3.06. The number of halogens is 8. The summed E-state index contributed by atoms with van der Waals surface area (Å²) in [6.07, 6.45) is -11.5. The van der Waals surface area contributed by atoms with Crippen LogP contribution in [0.15, 0.2) is 0 Å². The van der Waals surface area contributed by atoms with Gasteiger partial charge in [-0.3, -0.25) is 0 Å². The van der Waals surface area contributed by atoms with E-state index in [1.54, 1.807) is 0 Å². The zero-order valence-corrected chi connectivity index (χ0v) is 6.55. The zero-order chi connectivity index (χ0) is 12.5. The lowest BCUT2D eigenvalue weighted by atomic mass is 10.3. The zero-order valence-electron chi connectivity index (χ0n) is 6.55. The predicted molar refractivity (Wildman–Crippen MR) is 28.0 cm³/mol. The summed E-state index contributed by atoms with van der Waals surface area (Å²) in [7, 11) is 0. The standard InChI is InChI=1S/C5H2F8O2/c6-3(7,8)1-15-2(14)4(9,10)5(11,12)13/h1H2. The van der Waals surface area contributed by atoms with Crippen LogP contribution in [0.1, 0.15) is 0 Å². The van der Waals surface area contributed by atoms with Crippen molar-refractivity contribution in [1.82, 2.24) is 0 Å². The molecule has 0 rings (SSSR count). The lowest BCUT2D eigenvalue weighted by Crippen LogP contribution is -2.46. The van der Waals surface area contributed by atoms with Crippen LogP contribution < -0.4 is 0 Å². The SMILES string of the molecule is O=C(OCC(F)(F)F)C(F)(F)C(F)(F)F. The Morgan fingerprint density at radius 2 is 1.33 bits per heavy atom. The number of carbonyl (C=O) groups is 1. The van der Waals surface area contributed by atoms with Crippen LogP contribution in [0.4, 0.5) is 35.1 Å². The van der Waals surface area contributed by atoms with Crippen molar-refractivity contribution in [3.63, 3.8) is 0 Å². The molecule has 90 valence electrons.